The Morgan fingerprint density at radius 1 is 1.31 bits per heavy atom. The minimum absolute atomic E-state index is 0.599. The summed E-state index contributed by atoms with van der Waals surface area (Å²) in [5, 5.41) is 3.43. The first kappa shape index (κ1) is 8.38. The number of hydrogen-bond donors (Lipinski definition) is 1. The molecule has 0 radical (unpaired) electrons. The highest BCUT2D eigenvalue weighted by Gasteiger charge is 2.08. The van der Waals surface area contributed by atoms with Gasteiger partial charge in [-0.25, -0.2) is 0 Å². The van der Waals surface area contributed by atoms with Crippen molar-refractivity contribution < 1.29 is 0 Å². The normalized spacial score (nSPS) is 16.6. The van der Waals surface area contributed by atoms with Gasteiger partial charge in [0.1, 0.15) is 0 Å². The van der Waals surface area contributed by atoms with E-state index in [0.717, 1.165) is 25.1 Å². The zero-order chi connectivity index (χ0) is 8.93. The van der Waals surface area contributed by atoms with E-state index in [1.807, 2.05) is 0 Å². The van der Waals surface area contributed by atoms with Gasteiger partial charge in [0.25, 0.3) is 0 Å². The minimum atomic E-state index is 0.599. The predicted molar refractivity (Wildman–Crippen MR) is 51.0 cm³/mol. The molecule has 1 aliphatic carbocycles. The minimum Gasteiger partial charge on any atom is -0.308 e. The highest BCUT2D eigenvalue weighted by molar-refractivity contribution is 5.00. The van der Waals surface area contributed by atoms with Crippen molar-refractivity contribution in [3.8, 4) is 0 Å². The molecule has 0 amide bonds. The van der Waals surface area contributed by atoms with Gasteiger partial charge >= 0.3 is 0 Å². The topological polar surface area (TPSA) is 37.8 Å². The molecule has 0 bridgehead atoms. The van der Waals surface area contributed by atoms with E-state index in [-0.39, 0.29) is 0 Å². The molecule has 3 nitrogen and oxygen atoms in total. The molecule has 0 aromatic carbocycles. The van der Waals surface area contributed by atoms with Gasteiger partial charge in [-0.15, -0.1) is 0 Å². The third-order valence-corrected chi connectivity index (χ3v) is 2.20. The summed E-state index contributed by atoms with van der Waals surface area (Å²) in [5.41, 5.74) is 1.01. The lowest BCUT2D eigenvalue weighted by Gasteiger charge is -2.10. The van der Waals surface area contributed by atoms with Gasteiger partial charge in [0, 0.05) is 31.2 Å². The summed E-state index contributed by atoms with van der Waals surface area (Å²) in [6, 6.07) is 0.599. The molecule has 0 atom stereocenters. The molecule has 1 N–H and O–H groups in total. The maximum atomic E-state index is 4.19. The Morgan fingerprint density at radius 2 is 2.15 bits per heavy atom. The summed E-state index contributed by atoms with van der Waals surface area (Å²) in [5.74, 6) is 0. The molecule has 3 heteroatoms. The van der Waals surface area contributed by atoms with Crippen LogP contribution in [0.5, 0.6) is 0 Å². The number of nitrogens with one attached hydrogen (secondary N) is 1. The monoisotopic (exact) mass is 175 g/mol. The van der Waals surface area contributed by atoms with Crippen LogP contribution in [0, 0.1) is 0 Å². The van der Waals surface area contributed by atoms with Gasteiger partial charge in [-0.3, -0.25) is 9.97 Å². The SMILES string of the molecule is C1=CCC(NCc2cnccn2)C1. The molecule has 2 rings (SSSR count). The summed E-state index contributed by atoms with van der Waals surface area (Å²) < 4.78 is 0. The lowest BCUT2D eigenvalue weighted by atomic mass is 10.2. The lowest BCUT2D eigenvalue weighted by Crippen LogP contribution is -2.26. The molecule has 0 saturated carbocycles. The van der Waals surface area contributed by atoms with Gasteiger partial charge in [-0.05, 0) is 12.8 Å². The van der Waals surface area contributed by atoms with Crippen LogP contribution in [0.2, 0.25) is 0 Å². The van der Waals surface area contributed by atoms with Crippen LogP contribution in [0.3, 0.4) is 0 Å². The molecular formula is C10H13N3. The van der Waals surface area contributed by atoms with Crippen molar-refractivity contribution in [2.45, 2.75) is 25.4 Å². The molecular weight excluding hydrogens is 162 g/mol. The molecule has 1 aromatic heterocycles. The summed E-state index contributed by atoms with van der Waals surface area (Å²) in [6.07, 6.45) is 11.9. The smallest absolute Gasteiger partial charge is 0.0724 e. The van der Waals surface area contributed by atoms with Crippen molar-refractivity contribution in [1.29, 1.82) is 0 Å². The van der Waals surface area contributed by atoms with Crippen LogP contribution in [-0.4, -0.2) is 16.0 Å². The van der Waals surface area contributed by atoms with E-state index < -0.39 is 0 Å². The average molecular weight is 175 g/mol. The zero-order valence-electron chi connectivity index (χ0n) is 7.48. The van der Waals surface area contributed by atoms with Crippen LogP contribution in [-0.2, 0) is 6.54 Å². The second kappa shape index (κ2) is 4.14. The van der Waals surface area contributed by atoms with Crippen LogP contribution in [0.4, 0.5) is 0 Å². The number of rotatable bonds is 3. The molecule has 1 aliphatic rings. The molecule has 0 fully saturated rings. The Bertz CT molecular complexity index is 273. The maximum absolute atomic E-state index is 4.19. The molecule has 0 saturated heterocycles. The summed E-state index contributed by atoms with van der Waals surface area (Å²) in [6.45, 7) is 0.820. The first-order valence-electron chi connectivity index (χ1n) is 4.58. The van der Waals surface area contributed by atoms with E-state index in [9.17, 15) is 0 Å². The van der Waals surface area contributed by atoms with Gasteiger partial charge < -0.3 is 5.32 Å². The maximum Gasteiger partial charge on any atom is 0.0724 e. The number of nitrogens with zero attached hydrogens (tertiary/aromatic N) is 2. The second-order valence-electron chi connectivity index (χ2n) is 3.22. The standard InChI is InChI=1S/C10H13N3/c1-2-4-9(3-1)13-8-10-7-11-5-6-12-10/h1-2,5-7,9,13H,3-4,8H2. The zero-order valence-corrected chi connectivity index (χ0v) is 7.48. The van der Waals surface area contributed by atoms with Gasteiger partial charge in [0.15, 0.2) is 0 Å². The van der Waals surface area contributed by atoms with Gasteiger partial charge in [0.05, 0.1) is 5.69 Å². The Kier molecular flexibility index (Phi) is 2.67. The number of hydrogen-bond acceptors (Lipinski definition) is 3. The highest BCUT2D eigenvalue weighted by atomic mass is 14.9. The van der Waals surface area contributed by atoms with Crippen molar-refractivity contribution in [1.82, 2.24) is 15.3 Å². The van der Waals surface area contributed by atoms with Crippen molar-refractivity contribution in [2.24, 2.45) is 0 Å². The van der Waals surface area contributed by atoms with Crippen LogP contribution in [0.25, 0.3) is 0 Å². The third-order valence-electron chi connectivity index (χ3n) is 2.20. The number of aromatic nitrogens is 2. The molecule has 13 heavy (non-hydrogen) atoms. The van der Waals surface area contributed by atoms with Crippen molar-refractivity contribution in [3.63, 3.8) is 0 Å². The van der Waals surface area contributed by atoms with E-state index in [1.165, 1.54) is 0 Å². The van der Waals surface area contributed by atoms with Crippen LogP contribution in [0.15, 0.2) is 30.7 Å². The Hall–Kier alpha value is -1.22. The fraction of sp³-hybridized carbons (Fsp3) is 0.400. The average Bonchev–Trinajstić information content (AvgIpc) is 2.69. The van der Waals surface area contributed by atoms with Crippen LogP contribution < -0.4 is 5.32 Å². The van der Waals surface area contributed by atoms with E-state index >= 15 is 0 Å². The first-order chi connectivity index (χ1) is 6.45. The van der Waals surface area contributed by atoms with E-state index in [2.05, 4.69) is 27.4 Å². The van der Waals surface area contributed by atoms with Crippen LogP contribution in [0.1, 0.15) is 18.5 Å². The fourth-order valence-corrected chi connectivity index (χ4v) is 1.45. The largest absolute Gasteiger partial charge is 0.308 e. The molecule has 1 heterocycles. The molecule has 0 spiro atoms. The van der Waals surface area contributed by atoms with E-state index in [0.29, 0.717) is 6.04 Å². The molecule has 0 unspecified atom stereocenters. The van der Waals surface area contributed by atoms with E-state index in [1.54, 1.807) is 18.6 Å². The summed E-state index contributed by atoms with van der Waals surface area (Å²) in [4.78, 5) is 8.21. The third kappa shape index (κ3) is 2.36. The second-order valence-corrected chi connectivity index (χ2v) is 3.22. The Balaban J connectivity index is 1.80. The van der Waals surface area contributed by atoms with E-state index in [4.69, 9.17) is 0 Å². The highest BCUT2D eigenvalue weighted by Crippen LogP contribution is 2.09. The molecule has 1 aromatic rings. The first-order valence-corrected chi connectivity index (χ1v) is 4.58. The lowest BCUT2D eigenvalue weighted by molar-refractivity contribution is 0.532. The quantitative estimate of drug-likeness (QED) is 0.703. The molecule has 68 valence electrons. The van der Waals surface area contributed by atoms with Crippen molar-refractivity contribution in [2.75, 3.05) is 0 Å². The Labute approximate surface area is 77.9 Å². The van der Waals surface area contributed by atoms with Crippen molar-refractivity contribution >= 4 is 0 Å². The van der Waals surface area contributed by atoms with Crippen LogP contribution >= 0.6 is 0 Å². The van der Waals surface area contributed by atoms with Gasteiger partial charge in [-0.2, -0.15) is 0 Å². The fourth-order valence-electron chi connectivity index (χ4n) is 1.45. The predicted octanol–water partition coefficient (Wildman–Crippen LogP) is 1.28. The van der Waals surface area contributed by atoms with Gasteiger partial charge in [-0.1, -0.05) is 12.2 Å². The molecule has 0 aliphatic heterocycles. The van der Waals surface area contributed by atoms with Gasteiger partial charge in [0.2, 0.25) is 0 Å². The Morgan fingerprint density at radius 3 is 2.85 bits per heavy atom. The van der Waals surface area contributed by atoms with Crippen molar-refractivity contribution in [3.05, 3.63) is 36.4 Å². The summed E-state index contributed by atoms with van der Waals surface area (Å²) in [7, 11) is 0. The summed E-state index contributed by atoms with van der Waals surface area (Å²) >= 11 is 0.